The number of unbranched alkanes of at least 4 members (excludes halogenated alkanes) is 1. The standard InChI is InChI=1S/C8H18N2OS/c9-5-2-1-3-7(4-6-12)8(10)11/h7,12H,1-6,9H2,(H2,10,11). The minimum atomic E-state index is -0.207. The summed E-state index contributed by atoms with van der Waals surface area (Å²) in [4.78, 5) is 10.8. The number of nitrogens with two attached hydrogens (primary N) is 2. The van der Waals surface area contributed by atoms with Gasteiger partial charge in [0.2, 0.25) is 5.91 Å². The zero-order chi connectivity index (χ0) is 9.40. The van der Waals surface area contributed by atoms with Gasteiger partial charge in [-0.05, 0) is 31.6 Å². The van der Waals surface area contributed by atoms with Crippen molar-refractivity contribution in [1.29, 1.82) is 0 Å². The molecule has 3 nitrogen and oxygen atoms in total. The van der Waals surface area contributed by atoms with E-state index in [2.05, 4.69) is 12.6 Å². The largest absolute Gasteiger partial charge is 0.369 e. The molecule has 1 unspecified atom stereocenters. The second-order valence-electron chi connectivity index (χ2n) is 2.90. The van der Waals surface area contributed by atoms with Crippen LogP contribution < -0.4 is 11.5 Å². The van der Waals surface area contributed by atoms with E-state index in [9.17, 15) is 4.79 Å². The van der Waals surface area contributed by atoms with Gasteiger partial charge in [0.15, 0.2) is 0 Å². The molecule has 4 heteroatoms. The molecule has 0 aliphatic rings. The van der Waals surface area contributed by atoms with Crippen molar-refractivity contribution in [3.05, 3.63) is 0 Å². The van der Waals surface area contributed by atoms with Gasteiger partial charge in [-0.1, -0.05) is 6.42 Å². The van der Waals surface area contributed by atoms with Gasteiger partial charge >= 0.3 is 0 Å². The smallest absolute Gasteiger partial charge is 0.220 e. The van der Waals surface area contributed by atoms with Crippen LogP contribution in [0.3, 0.4) is 0 Å². The Morgan fingerprint density at radius 3 is 2.42 bits per heavy atom. The third-order valence-electron chi connectivity index (χ3n) is 1.89. The maximum absolute atomic E-state index is 10.8. The SMILES string of the molecule is NCCCCC(CCS)C(N)=O. The van der Waals surface area contributed by atoms with E-state index in [4.69, 9.17) is 11.5 Å². The van der Waals surface area contributed by atoms with Crippen LogP contribution in [0.2, 0.25) is 0 Å². The van der Waals surface area contributed by atoms with Crippen molar-refractivity contribution in [2.24, 2.45) is 17.4 Å². The van der Waals surface area contributed by atoms with Crippen LogP contribution in [0.1, 0.15) is 25.7 Å². The topological polar surface area (TPSA) is 69.1 Å². The average Bonchev–Trinajstić information content (AvgIpc) is 2.03. The first-order valence-electron chi connectivity index (χ1n) is 4.32. The van der Waals surface area contributed by atoms with Crippen molar-refractivity contribution in [3.8, 4) is 0 Å². The lowest BCUT2D eigenvalue weighted by Gasteiger charge is -2.10. The third-order valence-corrected chi connectivity index (χ3v) is 2.14. The molecule has 1 atom stereocenters. The Bertz CT molecular complexity index is 130. The first kappa shape index (κ1) is 11.8. The normalized spacial score (nSPS) is 12.8. The summed E-state index contributed by atoms with van der Waals surface area (Å²) in [6.45, 7) is 0.687. The van der Waals surface area contributed by atoms with Crippen LogP contribution in [0.15, 0.2) is 0 Å². The number of rotatable bonds is 7. The van der Waals surface area contributed by atoms with Gasteiger partial charge in [-0.3, -0.25) is 4.79 Å². The zero-order valence-electron chi connectivity index (χ0n) is 7.33. The van der Waals surface area contributed by atoms with E-state index in [-0.39, 0.29) is 11.8 Å². The van der Waals surface area contributed by atoms with Crippen molar-refractivity contribution < 1.29 is 4.79 Å². The van der Waals surface area contributed by atoms with Crippen molar-refractivity contribution >= 4 is 18.5 Å². The monoisotopic (exact) mass is 190 g/mol. The van der Waals surface area contributed by atoms with Crippen LogP contribution in [0.5, 0.6) is 0 Å². The van der Waals surface area contributed by atoms with Crippen LogP contribution in [0, 0.1) is 5.92 Å². The zero-order valence-corrected chi connectivity index (χ0v) is 8.22. The molecule has 0 aliphatic heterocycles. The molecule has 0 spiro atoms. The van der Waals surface area contributed by atoms with E-state index in [1.807, 2.05) is 0 Å². The van der Waals surface area contributed by atoms with Gasteiger partial charge in [0.1, 0.15) is 0 Å². The Hall–Kier alpha value is -0.220. The summed E-state index contributed by atoms with van der Waals surface area (Å²) in [6, 6.07) is 0. The number of carbonyl (C=O) groups excluding carboxylic acids is 1. The molecule has 0 aliphatic carbocycles. The van der Waals surface area contributed by atoms with Gasteiger partial charge in [0.25, 0.3) is 0 Å². The molecule has 0 rings (SSSR count). The van der Waals surface area contributed by atoms with E-state index in [1.165, 1.54) is 0 Å². The number of carbonyl (C=O) groups is 1. The van der Waals surface area contributed by atoms with Gasteiger partial charge < -0.3 is 11.5 Å². The highest BCUT2D eigenvalue weighted by Crippen LogP contribution is 2.12. The summed E-state index contributed by atoms with van der Waals surface area (Å²) in [6.07, 6.45) is 3.59. The van der Waals surface area contributed by atoms with Crippen molar-refractivity contribution in [2.75, 3.05) is 12.3 Å². The van der Waals surface area contributed by atoms with E-state index in [1.54, 1.807) is 0 Å². The molecule has 0 fully saturated rings. The Kier molecular flexibility index (Phi) is 7.29. The molecule has 0 saturated carbocycles. The molecule has 0 aromatic rings. The minimum Gasteiger partial charge on any atom is -0.369 e. The van der Waals surface area contributed by atoms with Gasteiger partial charge in [-0.15, -0.1) is 0 Å². The van der Waals surface area contributed by atoms with Crippen LogP contribution in [0.25, 0.3) is 0 Å². The molecule has 0 aromatic carbocycles. The summed E-state index contributed by atoms with van der Waals surface area (Å²) < 4.78 is 0. The average molecular weight is 190 g/mol. The predicted molar refractivity (Wildman–Crippen MR) is 54.1 cm³/mol. The highest BCUT2D eigenvalue weighted by molar-refractivity contribution is 7.80. The van der Waals surface area contributed by atoms with E-state index < -0.39 is 0 Å². The lowest BCUT2D eigenvalue weighted by Crippen LogP contribution is -2.23. The predicted octanol–water partition coefficient (Wildman–Crippen LogP) is 0.537. The Morgan fingerprint density at radius 1 is 1.33 bits per heavy atom. The Morgan fingerprint density at radius 2 is 2.00 bits per heavy atom. The summed E-state index contributed by atoms with van der Waals surface area (Å²) >= 11 is 4.07. The van der Waals surface area contributed by atoms with Crippen molar-refractivity contribution in [3.63, 3.8) is 0 Å². The molecule has 0 heterocycles. The number of hydrogen-bond acceptors (Lipinski definition) is 3. The summed E-state index contributed by atoms with van der Waals surface area (Å²) in [7, 11) is 0. The van der Waals surface area contributed by atoms with Crippen LogP contribution >= 0.6 is 12.6 Å². The number of primary amides is 1. The fourth-order valence-electron chi connectivity index (χ4n) is 1.12. The summed E-state index contributed by atoms with van der Waals surface area (Å²) in [5.41, 5.74) is 10.5. The van der Waals surface area contributed by atoms with Crippen LogP contribution in [-0.2, 0) is 4.79 Å². The lowest BCUT2D eigenvalue weighted by molar-refractivity contribution is -0.122. The van der Waals surface area contributed by atoms with Gasteiger partial charge in [0, 0.05) is 5.92 Å². The summed E-state index contributed by atoms with van der Waals surface area (Å²) in [5, 5.41) is 0. The van der Waals surface area contributed by atoms with Crippen LogP contribution in [-0.4, -0.2) is 18.2 Å². The highest BCUT2D eigenvalue weighted by Gasteiger charge is 2.12. The molecule has 0 radical (unpaired) electrons. The van der Waals surface area contributed by atoms with Gasteiger partial charge in [-0.2, -0.15) is 12.6 Å². The molecular formula is C8H18N2OS. The van der Waals surface area contributed by atoms with Gasteiger partial charge in [0.05, 0.1) is 0 Å². The molecule has 1 amide bonds. The number of amides is 1. The Labute approximate surface area is 79.3 Å². The fraction of sp³-hybridized carbons (Fsp3) is 0.875. The molecule has 4 N–H and O–H groups in total. The maximum atomic E-state index is 10.8. The summed E-state index contributed by atoms with van der Waals surface area (Å²) in [5.74, 6) is 0.506. The third kappa shape index (κ3) is 5.43. The number of hydrogen-bond donors (Lipinski definition) is 3. The Balaban J connectivity index is 3.56. The van der Waals surface area contributed by atoms with Crippen molar-refractivity contribution in [1.82, 2.24) is 0 Å². The van der Waals surface area contributed by atoms with E-state index >= 15 is 0 Å². The van der Waals surface area contributed by atoms with E-state index in [0.717, 1.165) is 31.4 Å². The van der Waals surface area contributed by atoms with Gasteiger partial charge in [-0.25, -0.2) is 0 Å². The van der Waals surface area contributed by atoms with Crippen LogP contribution in [0.4, 0.5) is 0 Å². The second-order valence-corrected chi connectivity index (χ2v) is 3.34. The minimum absolute atomic E-state index is 0.00551. The molecular weight excluding hydrogens is 172 g/mol. The molecule has 0 saturated heterocycles. The highest BCUT2D eigenvalue weighted by atomic mass is 32.1. The molecule has 0 aromatic heterocycles. The molecule has 72 valence electrons. The van der Waals surface area contributed by atoms with Crippen molar-refractivity contribution in [2.45, 2.75) is 25.7 Å². The first-order chi connectivity index (χ1) is 5.72. The fourth-order valence-corrected chi connectivity index (χ4v) is 1.43. The second kappa shape index (κ2) is 7.43. The van der Waals surface area contributed by atoms with E-state index in [0.29, 0.717) is 6.54 Å². The quantitative estimate of drug-likeness (QED) is 0.405. The maximum Gasteiger partial charge on any atom is 0.220 e. The molecule has 12 heavy (non-hydrogen) atoms. The number of thiol groups is 1. The first-order valence-corrected chi connectivity index (χ1v) is 4.95. The lowest BCUT2D eigenvalue weighted by atomic mass is 9.99. The molecule has 0 bridgehead atoms.